The molecule has 2 amide bonds. The Hall–Kier alpha value is -1.75. The predicted octanol–water partition coefficient (Wildman–Crippen LogP) is 3.61. The van der Waals surface area contributed by atoms with Gasteiger partial charge in [-0.3, -0.25) is 0 Å². The maximum atomic E-state index is 12.2. The molecule has 0 radical (unpaired) electrons. The fourth-order valence-corrected chi connectivity index (χ4v) is 3.67. The van der Waals surface area contributed by atoms with Crippen LogP contribution in [0, 0.1) is 5.92 Å². The lowest BCUT2D eigenvalue weighted by Crippen LogP contribution is -2.43. The first-order chi connectivity index (χ1) is 11.6. The summed E-state index contributed by atoms with van der Waals surface area (Å²) in [5, 5.41) is 6.08. The second-order valence-corrected chi connectivity index (χ2v) is 7.14. The molecule has 3 unspecified atom stereocenters. The summed E-state index contributed by atoms with van der Waals surface area (Å²) in [5.74, 6) is 0.565. The maximum Gasteiger partial charge on any atom is 0.319 e. The Morgan fingerprint density at radius 3 is 2.62 bits per heavy atom. The zero-order valence-electron chi connectivity index (χ0n) is 14.8. The number of amides is 2. The maximum absolute atomic E-state index is 12.2. The molecule has 2 N–H and O–H groups in total. The fourth-order valence-electron chi connectivity index (χ4n) is 3.67. The third-order valence-electron chi connectivity index (χ3n) is 5.16. The molecule has 0 aromatic heterocycles. The normalized spacial score (nSPS) is 27.6. The summed E-state index contributed by atoms with van der Waals surface area (Å²) in [5.41, 5.74) is 2.01. The highest BCUT2D eigenvalue weighted by Crippen LogP contribution is 2.24. The second kappa shape index (κ2) is 7.88. The van der Waals surface area contributed by atoms with Crippen molar-refractivity contribution in [3.8, 4) is 0 Å². The van der Waals surface area contributed by atoms with Gasteiger partial charge in [0.05, 0.1) is 12.7 Å². The van der Waals surface area contributed by atoms with Crippen LogP contribution in [-0.4, -0.2) is 37.9 Å². The highest BCUT2D eigenvalue weighted by Gasteiger charge is 2.22. The van der Waals surface area contributed by atoms with E-state index >= 15 is 0 Å². The summed E-state index contributed by atoms with van der Waals surface area (Å²) in [6.45, 7) is 6.91. The van der Waals surface area contributed by atoms with E-state index in [9.17, 15) is 4.79 Å². The Morgan fingerprint density at radius 1 is 1.17 bits per heavy atom. The van der Waals surface area contributed by atoms with Crippen molar-refractivity contribution in [1.29, 1.82) is 0 Å². The van der Waals surface area contributed by atoms with Gasteiger partial charge in [0.1, 0.15) is 0 Å². The molecule has 2 fully saturated rings. The molecular formula is C19H29N3O2. The molecule has 1 saturated carbocycles. The number of carbonyl (C=O) groups is 1. The standard InChI is InChI=1S/C19H29N3O2/c1-14-5-3-4-6-18(14)21-19(23)20-16-7-9-17(10-8-16)22-11-12-24-15(2)13-22/h7-10,14-15,18H,3-6,11-13H2,1-2H3,(H2,20,21,23). The smallest absolute Gasteiger partial charge is 0.319 e. The molecule has 1 aromatic carbocycles. The lowest BCUT2D eigenvalue weighted by atomic mass is 9.86. The first kappa shape index (κ1) is 17.1. The van der Waals surface area contributed by atoms with Gasteiger partial charge in [0.2, 0.25) is 0 Å². The molecule has 1 aromatic rings. The van der Waals surface area contributed by atoms with Gasteiger partial charge in [-0.05, 0) is 49.9 Å². The molecule has 1 aliphatic carbocycles. The third kappa shape index (κ3) is 4.41. The van der Waals surface area contributed by atoms with Gasteiger partial charge in [-0.1, -0.05) is 19.8 Å². The molecule has 5 nitrogen and oxygen atoms in total. The molecule has 2 aliphatic rings. The van der Waals surface area contributed by atoms with Gasteiger partial charge in [0.25, 0.3) is 0 Å². The minimum Gasteiger partial charge on any atom is -0.375 e. The van der Waals surface area contributed by atoms with Crippen LogP contribution in [0.25, 0.3) is 0 Å². The number of benzene rings is 1. The Kier molecular flexibility index (Phi) is 5.61. The molecule has 3 rings (SSSR count). The van der Waals surface area contributed by atoms with Crippen LogP contribution in [0.1, 0.15) is 39.5 Å². The Labute approximate surface area is 144 Å². The van der Waals surface area contributed by atoms with Crippen LogP contribution in [-0.2, 0) is 4.74 Å². The first-order valence-electron chi connectivity index (χ1n) is 9.16. The molecule has 0 bridgehead atoms. The molecule has 0 spiro atoms. The Balaban J connectivity index is 1.52. The number of morpholine rings is 1. The van der Waals surface area contributed by atoms with E-state index in [1.54, 1.807) is 0 Å². The van der Waals surface area contributed by atoms with Crippen LogP contribution in [0.5, 0.6) is 0 Å². The molecule has 3 atom stereocenters. The van der Waals surface area contributed by atoms with Crippen molar-refractivity contribution in [2.45, 2.75) is 51.7 Å². The highest BCUT2D eigenvalue weighted by molar-refractivity contribution is 5.89. The van der Waals surface area contributed by atoms with Crippen molar-refractivity contribution in [2.75, 3.05) is 29.9 Å². The molecule has 5 heteroatoms. The molecule has 1 heterocycles. The van der Waals surface area contributed by atoms with Crippen LogP contribution >= 0.6 is 0 Å². The second-order valence-electron chi connectivity index (χ2n) is 7.14. The summed E-state index contributed by atoms with van der Waals surface area (Å²) in [7, 11) is 0. The third-order valence-corrected chi connectivity index (χ3v) is 5.16. The lowest BCUT2D eigenvalue weighted by molar-refractivity contribution is 0.0532. The van der Waals surface area contributed by atoms with Gasteiger partial charge >= 0.3 is 6.03 Å². The van der Waals surface area contributed by atoms with Gasteiger partial charge in [-0.15, -0.1) is 0 Å². The van der Waals surface area contributed by atoms with E-state index in [2.05, 4.69) is 41.5 Å². The van der Waals surface area contributed by atoms with Crippen molar-refractivity contribution in [2.24, 2.45) is 5.92 Å². The topological polar surface area (TPSA) is 53.6 Å². The number of nitrogens with one attached hydrogen (secondary N) is 2. The van der Waals surface area contributed by atoms with Crippen molar-refractivity contribution in [3.63, 3.8) is 0 Å². The van der Waals surface area contributed by atoms with E-state index in [4.69, 9.17) is 4.74 Å². The van der Waals surface area contributed by atoms with Crippen LogP contribution in [0.3, 0.4) is 0 Å². The molecule has 132 valence electrons. The summed E-state index contributed by atoms with van der Waals surface area (Å²) < 4.78 is 5.58. The zero-order valence-corrected chi connectivity index (χ0v) is 14.8. The van der Waals surface area contributed by atoms with Crippen LogP contribution in [0.2, 0.25) is 0 Å². The summed E-state index contributed by atoms with van der Waals surface area (Å²) >= 11 is 0. The number of hydrogen-bond acceptors (Lipinski definition) is 3. The predicted molar refractivity (Wildman–Crippen MR) is 97.6 cm³/mol. The van der Waals surface area contributed by atoms with Gasteiger partial charge in [-0.2, -0.15) is 0 Å². The molecule has 1 saturated heterocycles. The SMILES string of the molecule is CC1CN(c2ccc(NC(=O)NC3CCCCC3C)cc2)CCO1. The largest absolute Gasteiger partial charge is 0.375 e. The zero-order chi connectivity index (χ0) is 16.9. The number of nitrogens with zero attached hydrogens (tertiary/aromatic N) is 1. The van der Waals surface area contributed by atoms with Crippen molar-refractivity contribution in [1.82, 2.24) is 5.32 Å². The molecule has 1 aliphatic heterocycles. The summed E-state index contributed by atoms with van der Waals surface area (Å²) in [6, 6.07) is 8.28. The molecule has 24 heavy (non-hydrogen) atoms. The van der Waals surface area contributed by atoms with Gasteiger partial charge in [0, 0.05) is 30.5 Å². The minimum absolute atomic E-state index is 0.0958. The van der Waals surface area contributed by atoms with E-state index in [0.29, 0.717) is 12.0 Å². The number of anilines is 2. The van der Waals surface area contributed by atoms with Crippen molar-refractivity contribution >= 4 is 17.4 Å². The fraction of sp³-hybridized carbons (Fsp3) is 0.632. The highest BCUT2D eigenvalue weighted by atomic mass is 16.5. The first-order valence-corrected chi connectivity index (χ1v) is 9.16. The van der Waals surface area contributed by atoms with Crippen LogP contribution in [0.4, 0.5) is 16.2 Å². The van der Waals surface area contributed by atoms with E-state index in [-0.39, 0.29) is 12.1 Å². The average Bonchev–Trinajstić information content (AvgIpc) is 2.58. The van der Waals surface area contributed by atoms with Crippen molar-refractivity contribution < 1.29 is 9.53 Å². The number of rotatable bonds is 3. The van der Waals surface area contributed by atoms with Crippen molar-refractivity contribution in [3.05, 3.63) is 24.3 Å². The molecular weight excluding hydrogens is 302 g/mol. The average molecular weight is 331 g/mol. The van der Waals surface area contributed by atoms with E-state index in [0.717, 1.165) is 31.8 Å². The van der Waals surface area contributed by atoms with Gasteiger partial charge < -0.3 is 20.3 Å². The monoisotopic (exact) mass is 331 g/mol. The Morgan fingerprint density at radius 2 is 1.92 bits per heavy atom. The van der Waals surface area contributed by atoms with E-state index in [1.807, 2.05) is 12.1 Å². The Bertz CT molecular complexity index is 546. The van der Waals surface area contributed by atoms with Gasteiger partial charge in [-0.25, -0.2) is 4.79 Å². The quantitative estimate of drug-likeness (QED) is 0.889. The van der Waals surface area contributed by atoms with E-state index < -0.39 is 0 Å². The minimum atomic E-state index is -0.0958. The summed E-state index contributed by atoms with van der Waals surface area (Å²) in [6.07, 6.45) is 5.05. The van der Waals surface area contributed by atoms with E-state index in [1.165, 1.54) is 24.9 Å². The van der Waals surface area contributed by atoms with Crippen LogP contribution in [0.15, 0.2) is 24.3 Å². The number of hydrogen-bond donors (Lipinski definition) is 2. The number of urea groups is 1. The number of ether oxygens (including phenoxy) is 1. The lowest BCUT2D eigenvalue weighted by Gasteiger charge is -2.33. The van der Waals surface area contributed by atoms with Gasteiger partial charge in [0.15, 0.2) is 0 Å². The van der Waals surface area contributed by atoms with Crippen LogP contribution < -0.4 is 15.5 Å². The number of carbonyl (C=O) groups excluding carboxylic acids is 1. The summed E-state index contributed by atoms with van der Waals surface area (Å²) in [4.78, 5) is 14.5.